The van der Waals surface area contributed by atoms with Crippen LogP contribution in [0.1, 0.15) is 10.4 Å². The Kier molecular flexibility index (Phi) is 4.20. The zero-order valence-electron chi connectivity index (χ0n) is 10.2. The molecule has 3 nitrogen and oxygen atoms in total. The SMILES string of the molecule is CSc1ccc(C(=O)NC2C3CNCC32)cc1.Cl. The van der Waals surface area contributed by atoms with Gasteiger partial charge in [0, 0.05) is 29.6 Å². The van der Waals surface area contributed by atoms with Gasteiger partial charge in [-0.2, -0.15) is 0 Å². The highest BCUT2D eigenvalue weighted by atomic mass is 35.5. The summed E-state index contributed by atoms with van der Waals surface area (Å²) in [5.41, 5.74) is 0.765. The molecule has 1 saturated carbocycles. The third-order valence-corrected chi connectivity index (χ3v) is 4.49. The van der Waals surface area contributed by atoms with Gasteiger partial charge in [0.05, 0.1) is 0 Å². The highest BCUT2D eigenvalue weighted by Gasteiger charge is 2.53. The minimum absolute atomic E-state index is 0. The van der Waals surface area contributed by atoms with Crippen molar-refractivity contribution in [3.05, 3.63) is 29.8 Å². The molecular formula is C13H17ClN2OS. The van der Waals surface area contributed by atoms with Gasteiger partial charge in [-0.1, -0.05) is 0 Å². The Labute approximate surface area is 118 Å². The summed E-state index contributed by atoms with van der Waals surface area (Å²) >= 11 is 1.69. The third kappa shape index (κ3) is 2.51. The maximum Gasteiger partial charge on any atom is 0.251 e. The lowest BCUT2D eigenvalue weighted by Crippen LogP contribution is -2.32. The van der Waals surface area contributed by atoms with Crippen molar-refractivity contribution in [2.45, 2.75) is 10.9 Å². The number of amides is 1. The van der Waals surface area contributed by atoms with Crippen LogP contribution in [0.5, 0.6) is 0 Å². The molecule has 1 heterocycles. The normalized spacial score (nSPS) is 28.2. The van der Waals surface area contributed by atoms with Crippen LogP contribution in [0.2, 0.25) is 0 Å². The smallest absolute Gasteiger partial charge is 0.251 e. The summed E-state index contributed by atoms with van der Waals surface area (Å²) in [4.78, 5) is 13.2. The molecule has 5 heteroatoms. The Morgan fingerprint density at radius 3 is 2.44 bits per heavy atom. The highest BCUT2D eigenvalue weighted by Crippen LogP contribution is 2.41. The number of benzene rings is 1. The van der Waals surface area contributed by atoms with E-state index >= 15 is 0 Å². The predicted molar refractivity (Wildman–Crippen MR) is 76.6 cm³/mol. The number of hydrogen-bond acceptors (Lipinski definition) is 3. The molecule has 3 rings (SSSR count). The van der Waals surface area contributed by atoms with Crippen LogP contribution in [0.3, 0.4) is 0 Å². The zero-order chi connectivity index (χ0) is 11.8. The molecular weight excluding hydrogens is 268 g/mol. The van der Waals surface area contributed by atoms with E-state index in [0.29, 0.717) is 17.9 Å². The number of carbonyl (C=O) groups excluding carboxylic acids is 1. The zero-order valence-corrected chi connectivity index (χ0v) is 11.8. The molecule has 0 radical (unpaired) electrons. The van der Waals surface area contributed by atoms with Gasteiger partial charge in [-0.3, -0.25) is 4.79 Å². The summed E-state index contributed by atoms with van der Waals surface area (Å²) in [7, 11) is 0. The van der Waals surface area contributed by atoms with Crippen LogP contribution in [-0.4, -0.2) is 31.3 Å². The first kappa shape index (κ1) is 13.7. The number of carbonyl (C=O) groups is 1. The monoisotopic (exact) mass is 284 g/mol. The van der Waals surface area contributed by atoms with E-state index in [0.717, 1.165) is 18.7 Å². The maximum absolute atomic E-state index is 12.0. The van der Waals surface area contributed by atoms with Crippen LogP contribution in [0.15, 0.2) is 29.2 Å². The average molecular weight is 285 g/mol. The number of piperidine rings is 1. The number of thioether (sulfide) groups is 1. The van der Waals surface area contributed by atoms with E-state index in [1.807, 2.05) is 30.5 Å². The van der Waals surface area contributed by atoms with E-state index in [2.05, 4.69) is 10.6 Å². The van der Waals surface area contributed by atoms with E-state index in [1.165, 1.54) is 4.90 Å². The second-order valence-electron chi connectivity index (χ2n) is 4.71. The van der Waals surface area contributed by atoms with Gasteiger partial charge in [0.15, 0.2) is 0 Å². The van der Waals surface area contributed by atoms with Crippen molar-refractivity contribution in [3.63, 3.8) is 0 Å². The van der Waals surface area contributed by atoms with Gasteiger partial charge in [-0.05, 0) is 42.4 Å². The van der Waals surface area contributed by atoms with E-state index in [-0.39, 0.29) is 18.3 Å². The molecule has 18 heavy (non-hydrogen) atoms. The third-order valence-electron chi connectivity index (χ3n) is 3.74. The Hall–Kier alpha value is -0.710. The van der Waals surface area contributed by atoms with Crippen LogP contribution in [-0.2, 0) is 0 Å². The largest absolute Gasteiger partial charge is 0.349 e. The van der Waals surface area contributed by atoms with Crippen LogP contribution in [0.25, 0.3) is 0 Å². The number of hydrogen-bond donors (Lipinski definition) is 2. The second-order valence-corrected chi connectivity index (χ2v) is 5.59. The number of rotatable bonds is 3. The summed E-state index contributed by atoms with van der Waals surface area (Å²) in [6.45, 7) is 2.11. The van der Waals surface area contributed by atoms with E-state index in [9.17, 15) is 4.79 Å². The highest BCUT2D eigenvalue weighted by molar-refractivity contribution is 7.98. The van der Waals surface area contributed by atoms with Crippen molar-refractivity contribution in [1.82, 2.24) is 10.6 Å². The molecule has 1 aromatic rings. The standard InChI is InChI=1S/C13H16N2OS.ClH/c1-17-9-4-2-8(3-5-9)13(16)15-12-10-6-14-7-11(10)12;/h2-5,10-12,14H,6-7H2,1H3,(H,15,16);1H. The summed E-state index contributed by atoms with van der Waals surface area (Å²) in [6.07, 6.45) is 2.04. The summed E-state index contributed by atoms with van der Waals surface area (Å²) in [5.74, 6) is 1.41. The molecule has 2 N–H and O–H groups in total. The predicted octanol–water partition coefficient (Wildman–Crippen LogP) is 1.78. The fourth-order valence-electron chi connectivity index (χ4n) is 2.61. The Morgan fingerprint density at radius 1 is 1.28 bits per heavy atom. The number of halogens is 1. The molecule has 2 unspecified atom stereocenters. The van der Waals surface area contributed by atoms with E-state index in [4.69, 9.17) is 0 Å². The lowest BCUT2D eigenvalue weighted by Gasteiger charge is -2.08. The molecule has 2 atom stereocenters. The molecule has 2 fully saturated rings. The summed E-state index contributed by atoms with van der Waals surface area (Å²) < 4.78 is 0. The molecule has 1 saturated heterocycles. The molecule has 1 aromatic carbocycles. The summed E-state index contributed by atoms with van der Waals surface area (Å²) in [5, 5.41) is 6.45. The van der Waals surface area contributed by atoms with Crippen LogP contribution in [0.4, 0.5) is 0 Å². The minimum Gasteiger partial charge on any atom is -0.349 e. The van der Waals surface area contributed by atoms with Gasteiger partial charge >= 0.3 is 0 Å². The van der Waals surface area contributed by atoms with Crippen molar-refractivity contribution >= 4 is 30.1 Å². The number of nitrogens with one attached hydrogen (secondary N) is 2. The fourth-order valence-corrected chi connectivity index (χ4v) is 3.02. The molecule has 1 amide bonds. The first-order valence-electron chi connectivity index (χ1n) is 5.95. The summed E-state index contributed by atoms with van der Waals surface area (Å²) in [6, 6.07) is 8.20. The average Bonchev–Trinajstić information content (AvgIpc) is 2.80. The first-order valence-corrected chi connectivity index (χ1v) is 7.17. The molecule has 0 bridgehead atoms. The topological polar surface area (TPSA) is 41.1 Å². The molecule has 0 spiro atoms. The Balaban J connectivity index is 0.00000120. The van der Waals surface area contributed by atoms with Gasteiger partial charge in [0.1, 0.15) is 0 Å². The van der Waals surface area contributed by atoms with Crippen LogP contribution < -0.4 is 10.6 Å². The number of fused-ring (bicyclic) bond motifs is 1. The van der Waals surface area contributed by atoms with Gasteiger partial charge in [0.25, 0.3) is 5.91 Å². The molecule has 1 aliphatic heterocycles. The maximum atomic E-state index is 12.0. The van der Waals surface area contributed by atoms with E-state index < -0.39 is 0 Å². The lowest BCUT2D eigenvalue weighted by molar-refractivity contribution is 0.0946. The van der Waals surface area contributed by atoms with Gasteiger partial charge < -0.3 is 10.6 Å². The lowest BCUT2D eigenvalue weighted by atomic mass is 10.2. The van der Waals surface area contributed by atoms with Crippen molar-refractivity contribution < 1.29 is 4.79 Å². The molecule has 98 valence electrons. The van der Waals surface area contributed by atoms with E-state index in [1.54, 1.807) is 11.8 Å². The Bertz CT molecular complexity index is 427. The van der Waals surface area contributed by atoms with Crippen molar-refractivity contribution in [2.75, 3.05) is 19.3 Å². The molecule has 1 aliphatic carbocycles. The van der Waals surface area contributed by atoms with Crippen molar-refractivity contribution in [1.29, 1.82) is 0 Å². The minimum atomic E-state index is 0. The fraction of sp³-hybridized carbons (Fsp3) is 0.462. The van der Waals surface area contributed by atoms with Crippen molar-refractivity contribution in [3.8, 4) is 0 Å². The van der Waals surface area contributed by atoms with Crippen LogP contribution >= 0.6 is 24.2 Å². The van der Waals surface area contributed by atoms with Crippen LogP contribution in [0, 0.1) is 11.8 Å². The van der Waals surface area contributed by atoms with Gasteiger partial charge in [0.2, 0.25) is 0 Å². The van der Waals surface area contributed by atoms with Gasteiger partial charge in [-0.25, -0.2) is 0 Å². The van der Waals surface area contributed by atoms with Gasteiger partial charge in [-0.15, -0.1) is 24.2 Å². The first-order chi connectivity index (χ1) is 8.29. The molecule has 2 aliphatic rings. The Morgan fingerprint density at radius 2 is 1.89 bits per heavy atom. The van der Waals surface area contributed by atoms with Crippen molar-refractivity contribution in [2.24, 2.45) is 11.8 Å². The quantitative estimate of drug-likeness (QED) is 0.832. The second kappa shape index (κ2) is 5.51. The molecule has 0 aromatic heterocycles.